The Morgan fingerprint density at radius 2 is 1.95 bits per heavy atom. The van der Waals surface area contributed by atoms with E-state index in [0.29, 0.717) is 16.5 Å². The van der Waals surface area contributed by atoms with Gasteiger partial charge in [-0.15, -0.1) is 11.3 Å². The third-order valence-electron chi connectivity index (χ3n) is 3.32. The predicted octanol–water partition coefficient (Wildman–Crippen LogP) is 3.95. The lowest BCUT2D eigenvalue weighted by atomic mass is 10.1. The first kappa shape index (κ1) is 15.0. The van der Waals surface area contributed by atoms with Gasteiger partial charge in [0.1, 0.15) is 10.6 Å². The molecule has 112 valence electrons. The molecule has 1 atom stereocenters. The molecule has 0 aliphatic heterocycles. The number of hydrogen-bond donors (Lipinski definition) is 1. The summed E-state index contributed by atoms with van der Waals surface area (Å²) in [4.78, 5) is 22.1. The number of thiophene rings is 1. The summed E-state index contributed by atoms with van der Waals surface area (Å²) >= 11 is 2.86. The lowest BCUT2D eigenvalue weighted by molar-refractivity contribution is 0.0994. The molecule has 0 bridgehead atoms. The van der Waals surface area contributed by atoms with Crippen LogP contribution in [0.4, 0.5) is 5.82 Å². The zero-order valence-electron chi connectivity index (χ0n) is 12.2. The fraction of sp³-hybridized carbons (Fsp3) is 0.188. The van der Waals surface area contributed by atoms with Gasteiger partial charge in [0.05, 0.1) is 10.6 Å². The standard InChI is InChI=1S/C16H15N3OS2/c1-9-3-5-11(6-4-9)13(20)10(2)22-16-18-14(17)12-7-8-21-15(12)19-16/h3-8,10H,1-2H3,(H2,17,18,19)/t10-/m0/s1. The van der Waals surface area contributed by atoms with Crippen LogP contribution < -0.4 is 5.73 Å². The molecule has 0 aliphatic carbocycles. The van der Waals surface area contributed by atoms with E-state index in [1.54, 1.807) is 0 Å². The van der Waals surface area contributed by atoms with E-state index in [9.17, 15) is 4.79 Å². The number of carbonyl (C=O) groups excluding carboxylic acids is 1. The lowest BCUT2D eigenvalue weighted by Gasteiger charge is -2.10. The third kappa shape index (κ3) is 2.98. The van der Waals surface area contributed by atoms with Crippen molar-refractivity contribution in [3.63, 3.8) is 0 Å². The maximum absolute atomic E-state index is 12.5. The molecule has 2 N–H and O–H groups in total. The van der Waals surface area contributed by atoms with Crippen LogP contribution in [0.1, 0.15) is 22.8 Å². The monoisotopic (exact) mass is 329 g/mol. The third-order valence-corrected chi connectivity index (χ3v) is 5.09. The van der Waals surface area contributed by atoms with Crippen molar-refractivity contribution in [2.24, 2.45) is 0 Å². The highest BCUT2D eigenvalue weighted by molar-refractivity contribution is 8.00. The average molecular weight is 329 g/mol. The molecule has 0 unspecified atom stereocenters. The van der Waals surface area contributed by atoms with Crippen LogP contribution in [-0.4, -0.2) is 21.0 Å². The second-order valence-electron chi connectivity index (χ2n) is 5.02. The Morgan fingerprint density at radius 3 is 2.68 bits per heavy atom. The molecule has 0 saturated carbocycles. The van der Waals surface area contributed by atoms with E-state index >= 15 is 0 Å². The second-order valence-corrected chi connectivity index (χ2v) is 7.22. The first-order chi connectivity index (χ1) is 10.5. The van der Waals surface area contributed by atoms with Crippen molar-refractivity contribution in [1.29, 1.82) is 0 Å². The zero-order valence-corrected chi connectivity index (χ0v) is 13.9. The summed E-state index contributed by atoms with van der Waals surface area (Å²) in [7, 11) is 0. The number of carbonyl (C=O) groups is 1. The van der Waals surface area contributed by atoms with Gasteiger partial charge in [-0.05, 0) is 25.3 Å². The summed E-state index contributed by atoms with van der Waals surface area (Å²) in [5, 5.41) is 3.08. The van der Waals surface area contributed by atoms with Crippen molar-refractivity contribution in [2.75, 3.05) is 5.73 Å². The molecule has 0 aliphatic rings. The van der Waals surface area contributed by atoms with Crippen molar-refractivity contribution in [2.45, 2.75) is 24.3 Å². The van der Waals surface area contributed by atoms with E-state index in [0.717, 1.165) is 15.8 Å². The van der Waals surface area contributed by atoms with Gasteiger partial charge in [-0.1, -0.05) is 41.6 Å². The molecule has 1 aromatic carbocycles. The molecule has 3 aromatic rings. The molecule has 2 heterocycles. The number of aromatic nitrogens is 2. The molecule has 0 amide bonds. The van der Waals surface area contributed by atoms with Crippen LogP contribution in [0, 0.1) is 6.92 Å². The van der Waals surface area contributed by atoms with Crippen LogP contribution in [0.2, 0.25) is 0 Å². The predicted molar refractivity (Wildman–Crippen MR) is 92.7 cm³/mol. The molecule has 4 nitrogen and oxygen atoms in total. The molecule has 0 fully saturated rings. The van der Waals surface area contributed by atoms with Gasteiger partial charge in [0.25, 0.3) is 0 Å². The van der Waals surface area contributed by atoms with Gasteiger partial charge in [-0.2, -0.15) is 0 Å². The van der Waals surface area contributed by atoms with Gasteiger partial charge in [-0.3, -0.25) is 4.79 Å². The smallest absolute Gasteiger partial charge is 0.191 e. The largest absolute Gasteiger partial charge is 0.383 e. The molecule has 0 saturated heterocycles. The number of rotatable bonds is 4. The summed E-state index contributed by atoms with van der Waals surface area (Å²) < 4.78 is 0. The highest BCUT2D eigenvalue weighted by atomic mass is 32.2. The van der Waals surface area contributed by atoms with Crippen LogP contribution in [0.15, 0.2) is 40.9 Å². The normalized spacial score (nSPS) is 12.5. The van der Waals surface area contributed by atoms with Crippen molar-refractivity contribution < 1.29 is 4.79 Å². The molecule has 2 aromatic heterocycles. The van der Waals surface area contributed by atoms with E-state index in [-0.39, 0.29) is 11.0 Å². The topological polar surface area (TPSA) is 68.9 Å². The van der Waals surface area contributed by atoms with Crippen molar-refractivity contribution in [1.82, 2.24) is 9.97 Å². The van der Waals surface area contributed by atoms with Crippen molar-refractivity contribution >= 4 is 44.9 Å². The van der Waals surface area contributed by atoms with Crippen LogP contribution >= 0.6 is 23.1 Å². The Labute approximate surface area is 136 Å². The minimum absolute atomic E-state index is 0.0680. The van der Waals surface area contributed by atoms with Gasteiger partial charge in [-0.25, -0.2) is 9.97 Å². The Balaban J connectivity index is 1.81. The highest BCUT2D eigenvalue weighted by Crippen LogP contribution is 2.29. The Bertz CT molecular complexity index is 827. The van der Waals surface area contributed by atoms with Gasteiger partial charge in [0.2, 0.25) is 0 Å². The number of hydrogen-bond acceptors (Lipinski definition) is 6. The minimum Gasteiger partial charge on any atom is -0.383 e. The van der Waals surface area contributed by atoms with Crippen molar-refractivity contribution in [3.05, 3.63) is 46.8 Å². The molecule has 22 heavy (non-hydrogen) atoms. The van der Waals surface area contributed by atoms with Gasteiger partial charge >= 0.3 is 0 Å². The van der Waals surface area contributed by atoms with Gasteiger partial charge in [0, 0.05) is 5.56 Å². The fourth-order valence-electron chi connectivity index (χ4n) is 2.07. The Hall–Kier alpha value is -1.92. The van der Waals surface area contributed by atoms with E-state index < -0.39 is 0 Å². The molecule has 6 heteroatoms. The van der Waals surface area contributed by atoms with E-state index in [2.05, 4.69) is 9.97 Å². The number of nitrogens with zero attached hydrogens (tertiary/aromatic N) is 2. The quantitative estimate of drug-likeness (QED) is 0.446. The zero-order chi connectivity index (χ0) is 15.7. The Morgan fingerprint density at radius 1 is 1.23 bits per heavy atom. The average Bonchev–Trinajstić information content (AvgIpc) is 2.96. The molecular formula is C16H15N3OS2. The fourth-order valence-corrected chi connectivity index (χ4v) is 3.76. The summed E-state index contributed by atoms with van der Waals surface area (Å²) in [5.41, 5.74) is 7.78. The molecule has 0 spiro atoms. The first-order valence-corrected chi connectivity index (χ1v) is 8.59. The van der Waals surface area contributed by atoms with Crippen LogP contribution in [0.25, 0.3) is 10.2 Å². The van der Waals surface area contributed by atoms with Crippen molar-refractivity contribution in [3.8, 4) is 0 Å². The van der Waals surface area contributed by atoms with E-state index in [1.165, 1.54) is 23.1 Å². The molecule has 0 radical (unpaired) electrons. The second kappa shape index (κ2) is 6.06. The maximum Gasteiger partial charge on any atom is 0.191 e. The number of aryl methyl sites for hydroxylation is 1. The number of thioether (sulfide) groups is 1. The Kier molecular flexibility index (Phi) is 4.13. The molecule has 3 rings (SSSR count). The number of nitrogens with two attached hydrogens (primary N) is 1. The molecular weight excluding hydrogens is 314 g/mol. The minimum atomic E-state index is -0.264. The van der Waals surface area contributed by atoms with Gasteiger partial charge in [0.15, 0.2) is 10.9 Å². The summed E-state index contributed by atoms with van der Waals surface area (Å²) in [5.74, 6) is 0.530. The first-order valence-electron chi connectivity index (χ1n) is 6.83. The number of benzene rings is 1. The number of anilines is 1. The number of Topliss-reactive ketones (excluding diaryl/α,β-unsaturated/α-hetero) is 1. The van der Waals surface area contributed by atoms with Crippen LogP contribution in [0.5, 0.6) is 0 Å². The summed E-state index contributed by atoms with van der Waals surface area (Å²) in [6.45, 7) is 3.87. The number of nitrogen functional groups attached to an aromatic ring is 1. The highest BCUT2D eigenvalue weighted by Gasteiger charge is 2.18. The van der Waals surface area contributed by atoms with Crippen LogP contribution in [-0.2, 0) is 0 Å². The number of fused-ring (bicyclic) bond motifs is 1. The maximum atomic E-state index is 12.5. The number of ketones is 1. The summed E-state index contributed by atoms with van der Waals surface area (Å²) in [6.07, 6.45) is 0. The SMILES string of the molecule is Cc1ccc(C(=O)[C@H](C)Sc2nc(N)c3ccsc3n2)cc1. The lowest BCUT2D eigenvalue weighted by Crippen LogP contribution is -2.14. The van der Waals surface area contributed by atoms with Crippen LogP contribution in [0.3, 0.4) is 0 Å². The van der Waals surface area contributed by atoms with E-state index in [1.807, 2.05) is 49.6 Å². The summed E-state index contributed by atoms with van der Waals surface area (Å²) in [6, 6.07) is 9.50. The van der Waals surface area contributed by atoms with E-state index in [4.69, 9.17) is 5.73 Å². The van der Waals surface area contributed by atoms with Gasteiger partial charge < -0.3 is 5.73 Å².